The number of thiophene rings is 1. The molecule has 2 N–H and O–H groups in total. The van der Waals surface area contributed by atoms with Crippen LogP contribution in [-0.2, 0) is 4.74 Å². The van der Waals surface area contributed by atoms with Crippen molar-refractivity contribution in [1.82, 2.24) is 4.98 Å². The molecule has 8 rings (SSSR count). The predicted molar refractivity (Wildman–Crippen MR) is 207 cm³/mol. The van der Waals surface area contributed by atoms with Crippen LogP contribution in [0.5, 0.6) is 0 Å². The number of pyridine rings is 1. The number of anilines is 4. The summed E-state index contributed by atoms with van der Waals surface area (Å²) in [5, 5.41) is 5.78. The number of aromatic nitrogens is 1. The first-order valence-electron chi connectivity index (χ1n) is 17.9. The zero-order valence-electron chi connectivity index (χ0n) is 29.9. The Labute approximate surface area is 311 Å². The van der Waals surface area contributed by atoms with Gasteiger partial charge in [-0.2, -0.15) is 0 Å². The summed E-state index contributed by atoms with van der Waals surface area (Å²) in [6.45, 7) is 9.39. The number of hydrogen-bond acceptors (Lipinski definition) is 7. The molecule has 2 saturated heterocycles. The van der Waals surface area contributed by atoms with Crippen LogP contribution in [0.2, 0.25) is 0 Å². The molecule has 270 valence electrons. The van der Waals surface area contributed by atoms with E-state index in [0.29, 0.717) is 39.6 Å². The van der Waals surface area contributed by atoms with Gasteiger partial charge < -0.3 is 25.2 Å². The van der Waals surface area contributed by atoms with Crippen LogP contribution in [0.3, 0.4) is 0 Å². The molecule has 2 fully saturated rings. The summed E-state index contributed by atoms with van der Waals surface area (Å²) < 4.78 is 20.1. The molecule has 3 aliphatic heterocycles. The first-order valence-corrected chi connectivity index (χ1v) is 18.7. The molecule has 11 heteroatoms. The summed E-state index contributed by atoms with van der Waals surface area (Å²) in [5.41, 5.74) is 6.08. The topological polar surface area (TPSA) is 104 Å². The molecule has 53 heavy (non-hydrogen) atoms. The summed E-state index contributed by atoms with van der Waals surface area (Å²) in [6.07, 6.45) is 3.85. The number of nitrogens with zero attached hydrogens (tertiary/aromatic N) is 3. The Morgan fingerprint density at radius 3 is 2.43 bits per heavy atom. The quantitative estimate of drug-likeness (QED) is 0.182. The largest absolute Gasteiger partial charge is 0.381 e. The monoisotopic (exact) mass is 729 g/mol. The van der Waals surface area contributed by atoms with Crippen LogP contribution in [0.1, 0.15) is 72.8 Å². The summed E-state index contributed by atoms with van der Waals surface area (Å²) in [6, 6.07) is 23.1. The van der Waals surface area contributed by atoms with Crippen molar-refractivity contribution in [2.45, 2.75) is 39.5 Å². The van der Waals surface area contributed by atoms with Crippen molar-refractivity contribution in [3.8, 4) is 10.4 Å². The van der Waals surface area contributed by atoms with Crippen molar-refractivity contribution in [3.05, 3.63) is 124 Å². The lowest BCUT2D eigenvalue weighted by Gasteiger charge is -2.53. The van der Waals surface area contributed by atoms with Crippen molar-refractivity contribution in [3.63, 3.8) is 0 Å². The van der Waals surface area contributed by atoms with Crippen molar-refractivity contribution in [2.75, 3.05) is 53.3 Å². The molecule has 3 aromatic carbocycles. The average Bonchev–Trinajstić information content (AvgIpc) is 3.56. The Balaban J connectivity index is 0.994. The predicted octanol–water partition coefficient (Wildman–Crippen LogP) is 8.45. The second kappa shape index (κ2) is 13.9. The molecule has 5 heterocycles. The molecule has 1 spiro atoms. The first-order chi connectivity index (χ1) is 25.6. The number of carbonyl (C=O) groups excluding carboxylic acids is 3. The van der Waals surface area contributed by atoms with Crippen molar-refractivity contribution in [2.24, 2.45) is 5.41 Å². The number of para-hydroxylation sites is 2. The molecule has 5 aromatic rings. The molecule has 0 radical (unpaired) electrons. The third kappa shape index (κ3) is 6.59. The maximum absolute atomic E-state index is 14.5. The van der Waals surface area contributed by atoms with Crippen LogP contribution in [0.15, 0.2) is 85.1 Å². The van der Waals surface area contributed by atoms with Gasteiger partial charge in [0.25, 0.3) is 17.7 Å². The van der Waals surface area contributed by atoms with Crippen LogP contribution in [0, 0.1) is 25.1 Å². The fourth-order valence-corrected chi connectivity index (χ4v) is 8.90. The van der Waals surface area contributed by atoms with Gasteiger partial charge in [0.15, 0.2) is 0 Å². The maximum atomic E-state index is 14.5. The van der Waals surface area contributed by atoms with Crippen LogP contribution in [0.25, 0.3) is 10.4 Å². The number of rotatable bonds is 6. The highest BCUT2D eigenvalue weighted by Gasteiger charge is 2.45. The zero-order chi connectivity index (χ0) is 36.9. The number of aryl methyl sites for hydroxylation is 2. The van der Waals surface area contributed by atoms with Gasteiger partial charge in [-0.1, -0.05) is 37.3 Å². The number of benzene rings is 3. The second-order valence-electron chi connectivity index (χ2n) is 14.5. The molecule has 3 aliphatic rings. The van der Waals surface area contributed by atoms with Crippen LogP contribution >= 0.6 is 11.3 Å². The van der Waals surface area contributed by atoms with E-state index in [4.69, 9.17) is 4.74 Å². The van der Waals surface area contributed by atoms with E-state index < -0.39 is 5.82 Å². The van der Waals surface area contributed by atoms with E-state index in [1.54, 1.807) is 54.4 Å². The van der Waals surface area contributed by atoms with Gasteiger partial charge in [0, 0.05) is 72.1 Å². The molecule has 0 saturated carbocycles. The average molecular weight is 730 g/mol. The molecule has 3 amide bonds. The highest BCUT2D eigenvalue weighted by atomic mass is 32.1. The minimum Gasteiger partial charge on any atom is -0.381 e. The number of carbonyl (C=O) groups is 3. The third-order valence-electron chi connectivity index (χ3n) is 10.7. The Hall–Kier alpha value is -5.39. The van der Waals surface area contributed by atoms with E-state index in [0.717, 1.165) is 66.4 Å². The van der Waals surface area contributed by atoms with Crippen LogP contribution in [0.4, 0.5) is 27.3 Å². The van der Waals surface area contributed by atoms with E-state index in [1.165, 1.54) is 17.4 Å². The lowest BCUT2D eigenvalue weighted by molar-refractivity contribution is -0.000511. The highest BCUT2D eigenvalue weighted by molar-refractivity contribution is 7.17. The Bertz CT molecular complexity index is 2220. The summed E-state index contributed by atoms with van der Waals surface area (Å²) in [4.78, 5) is 51.2. The smallest absolute Gasteiger partial charge is 0.265 e. The van der Waals surface area contributed by atoms with Gasteiger partial charge >= 0.3 is 0 Å². The summed E-state index contributed by atoms with van der Waals surface area (Å²) in [7, 11) is 0. The minimum atomic E-state index is -0.483. The van der Waals surface area contributed by atoms with Gasteiger partial charge in [-0.25, -0.2) is 9.37 Å². The number of nitrogens with one attached hydrogen (secondary N) is 2. The highest BCUT2D eigenvalue weighted by Crippen LogP contribution is 2.46. The van der Waals surface area contributed by atoms with Crippen molar-refractivity contribution in [1.29, 1.82) is 0 Å². The van der Waals surface area contributed by atoms with Gasteiger partial charge in [0.05, 0.1) is 21.8 Å². The molecule has 9 nitrogen and oxygen atoms in total. The lowest BCUT2D eigenvalue weighted by Crippen LogP contribution is -2.59. The summed E-state index contributed by atoms with van der Waals surface area (Å²) >= 11 is 1.34. The number of hydrogen-bond donors (Lipinski definition) is 2. The van der Waals surface area contributed by atoms with Crippen LogP contribution in [-0.4, -0.2) is 55.6 Å². The molecular formula is C42H40FN5O4S. The van der Waals surface area contributed by atoms with E-state index in [2.05, 4.69) is 20.5 Å². The SMILES string of the molecule is Cc1cnc(N2CC3(CCOCC3)C2)c(C(=O)Nc2ccc(C(=O)N3C[C@H](C)c4cc(C(=O)Nc5c(C)cccc5F)sc4-c4ccccc43)cc2)c1. The van der Waals surface area contributed by atoms with Gasteiger partial charge in [-0.05, 0) is 91.9 Å². The molecule has 0 bridgehead atoms. The maximum Gasteiger partial charge on any atom is 0.265 e. The number of halogens is 1. The molecule has 0 aliphatic carbocycles. The van der Waals surface area contributed by atoms with Crippen molar-refractivity contribution < 1.29 is 23.5 Å². The van der Waals surface area contributed by atoms with E-state index in [1.807, 2.05) is 50.2 Å². The lowest BCUT2D eigenvalue weighted by atomic mass is 9.73. The standard InChI is InChI=1S/C42H40FN5O4S/c1-25-19-32(38(44-21-25)47-23-42(24-47)15-17-52-18-16-42)39(49)45-29-13-11-28(12-14-29)41(51)48-22-27(3)31-20-35(53-37(31)30-8-4-5-10-34(30)48)40(50)46-36-26(2)7-6-9-33(36)43/h4-14,19-21,27H,15-18,22-24H2,1-3H3,(H,45,49)(H,46,50)/t27-/m0/s1. The number of amides is 3. The van der Waals surface area contributed by atoms with E-state index in [-0.39, 0.29) is 34.7 Å². The molecule has 0 unspecified atom stereocenters. The van der Waals surface area contributed by atoms with E-state index in [9.17, 15) is 18.8 Å². The fraction of sp³-hybridized carbons (Fsp3) is 0.286. The Morgan fingerprint density at radius 2 is 1.68 bits per heavy atom. The van der Waals surface area contributed by atoms with Gasteiger partial charge in [0.1, 0.15) is 11.6 Å². The normalized spacial score (nSPS) is 17.3. The summed E-state index contributed by atoms with van der Waals surface area (Å²) in [5.74, 6) is -0.689. The second-order valence-corrected chi connectivity index (χ2v) is 15.6. The van der Waals surface area contributed by atoms with Gasteiger partial charge in [0.2, 0.25) is 0 Å². The van der Waals surface area contributed by atoms with Crippen molar-refractivity contribution >= 4 is 51.9 Å². The zero-order valence-corrected chi connectivity index (χ0v) is 30.7. The first kappa shape index (κ1) is 34.7. The van der Waals surface area contributed by atoms with E-state index >= 15 is 0 Å². The molecular weight excluding hydrogens is 690 g/mol. The minimum absolute atomic E-state index is 0.0993. The third-order valence-corrected chi connectivity index (χ3v) is 11.8. The molecule has 2 aromatic heterocycles. The number of fused-ring (bicyclic) bond motifs is 3. The Kier molecular flexibility index (Phi) is 9.08. The number of ether oxygens (including phenoxy) is 1. The van der Waals surface area contributed by atoms with Gasteiger partial charge in [-0.3, -0.25) is 14.4 Å². The Morgan fingerprint density at radius 1 is 0.925 bits per heavy atom. The van der Waals surface area contributed by atoms with Gasteiger partial charge in [-0.15, -0.1) is 11.3 Å². The fourth-order valence-electron chi connectivity index (χ4n) is 7.69. The van der Waals surface area contributed by atoms with Crippen LogP contribution < -0.4 is 20.4 Å². The molecule has 1 atom stereocenters.